The summed E-state index contributed by atoms with van der Waals surface area (Å²) in [6, 6.07) is 13.4. The lowest BCUT2D eigenvalue weighted by Crippen LogP contribution is -2.24. The Morgan fingerprint density at radius 2 is 1.81 bits per heavy atom. The van der Waals surface area contributed by atoms with Crippen LogP contribution in [-0.2, 0) is 13.2 Å². The molecule has 6 nitrogen and oxygen atoms in total. The van der Waals surface area contributed by atoms with Gasteiger partial charge in [0.2, 0.25) is 0 Å². The number of aromatic nitrogens is 2. The maximum absolute atomic E-state index is 13.1. The molecule has 4 aromatic rings. The molecular formula is C25H25N3O3S. The summed E-state index contributed by atoms with van der Waals surface area (Å²) < 4.78 is 13.4. The van der Waals surface area contributed by atoms with E-state index >= 15 is 0 Å². The highest BCUT2D eigenvalue weighted by molar-refractivity contribution is 7.15. The van der Waals surface area contributed by atoms with Crippen molar-refractivity contribution in [1.29, 1.82) is 0 Å². The maximum Gasteiger partial charge on any atom is 0.254 e. The van der Waals surface area contributed by atoms with Gasteiger partial charge < -0.3 is 19.4 Å². The van der Waals surface area contributed by atoms with Crippen molar-refractivity contribution in [2.75, 3.05) is 7.11 Å². The van der Waals surface area contributed by atoms with Crippen LogP contribution in [0.25, 0.3) is 5.00 Å². The Balaban J connectivity index is 1.46. The summed E-state index contributed by atoms with van der Waals surface area (Å²) in [6.07, 6.45) is 7.38. The maximum atomic E-state index is 13.1. The van der Waals surface area contributed by atoms with Crippen molar-refractivity contribution in [3.8, 4) is 16.5 Å². The van der Waals surface area contributed by atoms with Gasteiger partial charge in [-0.1, -0.05) is 6.07 Å². The molecule has 3 aromatic heterocycles. The molecule has 4 rings (SSSR count). The molecule has 1 amide bonds. The largest absolute Gasteiger partial charge is 0.493 e. The Bertz CT molecular complexity index is 1200. The predicted molar refractivity (Wildman–Crippen MR) is 126 cm³/mol. The average Bonchev–Trinajstić information content (AvgIpc) is 3.45. The van der Waals surface area contributed by atoms with Crippen molar-refractivity contribution in [3.63, 3.8) is 0 Å². The molecule has 0 fully saturated rings. The number of aryl methyl sites for hydroxylation is 1. The summed E-state index contributed by atoms with van der Waals surface area (Å²) in [6.45, 7) is 4.85. The van der Waals surface area contributed by atoms with E-state index in [-0.39, 0.29) is 5.91 Å². The monoisotopic (exact) mass is 447 g/mol. The zero-order valence-electron chi connectivity index (χ0n) is 18.3. The fourth-order valence-corrected chi connectivity index (χ4v) is 4.50. The predicted octanol–water partition coefficient (Wildman–Crippen LogP) is 5.07. The third kappa shape index (κ3) is 4.68. The van der Waals surface area contributed by atoms with Gasteiger partial charge in [0, 0.05) is 36.2 Å². The lowest BCUT2D eigenvalue weighted by Gasteiger charge is -2.13. The lowest BCUT2D eigenvalue weighted by molar-refractivity contribution is 0.0950. The number of ether oxygens (including phenoxy) is 2. The first-order valence-corrected chi connectivity index (χ1v) is 11.1. The first-order valence-electron chi connectivity index (χ1n) is 10.3. The van der Waals surface area contributed by atoms with Crippen LogP contribution in [0.1, 0.15) is 31.9 Å². The summed E-state index contributed by atoms with van der Waals surface area (Å²) in [7, 11) is 1.61. The van der Waals surface area contributed by atoms with Crippen LogP contribution in [-0.4, -0.2) is 22.6 Å². The molecule has 0 spiro atoms. The Morgan fingerprint density at radius 1 is 1.06 bits per heavy atom. The number of methoxy groups -OCH3 is 1. The van der Waals surface area contributed by atoms with Crippen LogP contribution in [0.15, 0.2) is 67.3 Å². The quantitative estimate of drug-likeness (QED) is 0.410. The van der Waals surface area contributed by atoms with Crippen molar-refractivity contribution in [2.45, 2.75) is 27.0 Å². The van der Waals surface area contributed by atoms with Crippen molar-refractivity contribution in [3.05, 3.63) is 94.4 Å². The third-order valence-electron chi connectivity index (χ3n) is 5.26. The van der Waals surface area contributed by atoms with Crippen molar-refractivity contribution < 1.29 is 14.3 Å². The third-order valence-corrected chi connectivity index (χ3v) is 6.48. The highest BCUT2D eigenvalue weighted by Gasteiger charge is 2.20. The summed E-state index contributed by atoms with van der Waals surface area (Å²) in [5, 5.41) is 3.98. The van der Waals surface area contributed by atoms with Crippen LogP contribution in [0.2, 0.25) is 0 Å². The number of thiophene rings is 1. The Morgan fingerprint density at radius 3 is 2.53 bits per heavy atom. The molecule has 0 saturated heterocycles. The summed E-state index contributed by atoms with van der Waals surface area (Å²) in [4.78, 5) is 18.2. The average molecular weight is 448 g/mol. The highest BCUT2D eigenvalue weighted by Crippen LogP contribution is 2.31. The molecule has 0 bridgehead atoms. The molecular weight excluding hydrogens is 422 g/mol. The minimum atomic E-state index is -0.0902. The molecule has 0 unspecified atom stereocenters. The van der Waals surface area contributed by atoms with Crippen LogP contribution in [0, 0.1) is 13.8 Å². The SMILES string of the molecule is COc1cc(CNC(=O)c2c(-n3cccc3)sc(C)c2C)ccc1OCc1ccncc1. The van der Waals surface area contributed by atoms with Crippen LogP contribution >= 0.6 is 11.3 Å². The van der Waals surface area contributed by atoms with Gasteiger partial charge in [0.15, 0.2) is 11.5 Å². The Kier molecular flexibility index (Phi) is 6.56. The fraction of sp³-hybridized carbons (Fsp3) is 0.200. The van der Waals surface area contributed by atoms with E-state index in [1.54, 1.807) is 30.8 Å². The van der Waals surface area contributed by atoms with Gasteiger partial charge in [-0.2, -0.15) is 0 Å². The second-order valence-corrected chi connectivity index (χ2v) is 8.57. The zero-order valence-corrected chi connectivity index (χ0v) is 19.1. The molecule has 3 heterocycles. The molecule has 1 aromatic carbocycles. The smallest absolute Gasteiger partial charge is 0.254 e. The topological polar surface area (TPSA) is 65.4 Å². The van der Waals surface area contributed by atoms with Gasteiger partial charge in [-0.15, -0.1) is 11.3 Å². The van der Waals surface area contributed by atoms with Crippen molar-refractivity contribution in [1.82, 2.24) is 14.9 Å². The van der Waals surface area contributed by atoms with Crippen molar-refractivity contribution >= 4 is 17.2 Å². The number of hydrogen-bond acceptors (Lipinski definition) is 5. The van der Waals surface area contributed by atoms with E-state index in [0.29, 0.717) is 30.2 Å². The highest BCUT2D eigenvalue weighted by atomic mass is 32.1. The van der Waals surface area contributed by atoms with Gasteiger partial charge in [0.05, 0.1) is 12.7 Å². The number of carbonyl (C=O) groups is 1. The summed E-state index contributed by atoms with van der Waals surface area (Å²) in [5.41, 5.74) is 3.68. The minimum absolute atomic E-state index is 0.0902. The number of amides is 1. The van der Waals surface area contributed by atoms with E-state index in [1.165, 1.54) is 0 Å². The normalized spacial score (nSPS) is 10.7. The summed E-state index contributed by atoms with van der Waals surface area (Å²) in [5.74, 6) is 1.19. The number of nitrogens with zero attached hydrogens (tertiary/aromatic N) is 2. The molecule has 32 heavy (non-hydrogen) atoms. The van der Waals surface area contributed by atoms with Crippen LogP contribution in [0.3, 0.4) is 0 Å². The second-order valence-electron chi connectivity index (χ2n) is 7.37. The molecule has 1 N–H and O–H groups in total. The van der Waals surface area contributed by atoms with E-state index < -0.39 is 0 Å². The molecule has 0 aliphatic carbocycles. The lowest BCUT2D eigenvalue weighted by atomic mass is 10.1. The van der Waals surface area contributed by atoms with Crippen LogP contribution < -0.4 is 14.8 Å². The Hall–Kier alpha value is -3.58. The van der Waals surface area contributed by atoms with E-state index in [1.807, 2.05) is 73.3 Å². The molecule has 0 aliphatic rings. The van der Waals surface area contributed by atoms with E-state index in [0.717, 1.165) is 26.6 Å². The molecule has 164 valence electrons. The van der Waals surface area contributed by atoms with Gasteiger partial charge in [-0.05, 0) is 66.9 Å². The van der Waals surface area contributed by atoms with Gasteiger partial charge in [-0.3, -0.25) is 9.78 Å². The zero-order chi connectivity index (χ0) is 22.5. The van der Waals surface area contributed by atoms with Gasteiger partial charge in [0.1, 0.15) is 11.6 Å². The number of carbonyl (C=O) groups excluding carboxylic acids is 1. The van der Waals surface area contributed by atoms with E-state index in [9.17, 15) is 4.79 Å². The minimum Gasteiger partial charge on any atom is -0.493 e. The van der Waals surface area contributed by atoms with Gasteiger partial charge in [-0.25, -0.2) is 0 Å². The molecule has 7 heteroatoms. The van der Waals surface area contributed by atoms with Crippen LogP contribution in [0.5, 0.6) is 11.5 Å². The Labute approximate surface area is 191 Å². The molecule has 0 saturated carbocycles. The fourth-order valence-electron chi connectivity index (χ4n) is 3.38. The van der Waals surface area contributed by atoms with Crippen LogP contribution in [0.4, 0.5) is 0 Å². The number of benzene rings is 1. The van der Waals surface area contributed by atoms with Gasteiger partial charge in [0.25, 0.3) is 5.91 Å². The molecule has 0 radical (unpaired) electrons. The van der Waals surface area contributed by atoms with E-state index in [4.69, 9.17) is 9.47 Å². The first-order chi connectivity index (χ1) is 15.6. The number of hydrogen-bond donors (Lipinski definition) is 1. The number of nitrogens with one attached hydrogen (secondary N) is 1. The summed E-state index contributed by atoms with van der Waals surface area (Å²) >= 11 is 1.62. The standard InChI is InChI=1S/C25H25N3O3S/c1-17-18(2)32-25(28-12-4-5-13-28)23(17)24(29)27-15-20-6-7-21(22(14-20)30-3)31-16-19-8-10-26-11-9-19/h4-14H,15-16H2,1-3H3,(H,27,29). The second kappa shape index (κ2) is 9.70. The molecule has 0 atom stereocenters. The van der Waals surface area contributed by atoms with E-state index in [2.05, 4.69) is 10.3 Å². The molecule has 0 aliphatic heterocycles. The number of rotatable bonds is 8. The van der Waals surface area contributed by atoms with Crippen molar-refractivity contribution in [2.24, 2.45) is 0 Å². The van der Waals surface area contributed by atoms with Gasteiger partial charge >= 0.3 is 0 Å². The number of pyridine rings is 1. The first kappa shape index (κ1) is 21.6.